The highest BCUT2D eigenvalue weighted by Crippen LogP contribution is 2.28. The third-order valence-electron chi connectivity index (χ3n) is 3.49. The first-order valence-corrected chi connectivity index (χ1v) is 7.01. The third-order valence-corrected chi connectivity index (χ3v) is 4.65. The first-order chi connectivity index (χ1) is 7.70. The average Bonchev–Trinajstić information content (AvgIpc) is 2.71. The van der Waals surface area contributed by atoms with Gasteiger partial charge in [-0.1, -0.05) is 12.5 Å². The van der Waals surface area contributed by atoms with Crippen molar-refractivity contribution in [2.45, 2.75) is 32.2 Å². The number of hydrogen-bond donors (Lipinski definition) is 2. The molecule has 3 heteroatoms. The predicted molar refractivity (Wildman–Crippen MR) is 77.7 cm³/mol. The number of nitrogens with one attached hydrogen (secondary N) is 1. The molecule has 2 unspecified atom stereocenters. The molecule has 0 radical (unpaired) electrons. The second-order valence-electron chi connectivity index (χ2n) is 4.64. The van der Waals surface area contributed by atoms with Gasteiger partial charge in [-0.15, -0.1) is 0 Å². The lowest BCUT2D eigenvalue weighted by atomic mass is 10.0. The van der Waals surface area contributed by atoms with E-state index in [1.165, 1.54) is 34.1 Å². The summed E-state index contributed by atoms with van der Waals surface area (Å²) in [5.41, 5.74) is 8.37. The van der Waals surface area contributed by atoms with Gasteiger partial charge in [-0.3, -0.25) is 0 Å². The van der Waals surface area contributed by atoms with E-state index in [1.807, 2.05) is 0 Å². The highest BCUT2D eigenvalue weighted by Gasteiger charge is 2.25. The van der Waals surface area contributed by atoms with Crippen molar-refractivity contribution < 1.29 is 0 Å². The fourth-order valence-electron chi connectivity index (χ4n) is 2.41. The molecule has 0 spiro atoms. The van der Waals surface area contributed by atoms with Gasteiger partial charge in [0.25, 0.3) is 0 Å². The largest absolute Gasteiger partial charge is 0.382 e. The normalized spacial score (nSPS) is 24.7. The summed E-state index contributed by atoms with van der Waals surface area (Å²) in [6.07, 6.45) is 3.84. The van der Waals surface area contributed by atoms with Crippen molar-refractivity contribution >= 4 is 28.3 Å². The molecule has 2 atom stereocenters. The van der Waals surface area contributed by atoms with Gasteiger partial charge in [-0.2, -0.15) is 0 Å². The third kappa shape index (κ3) is 2.69. The van der Waals surface area contributed by atoms with Crippen molar-refractivity contribution in [3.8, 4) is 0 Å². The zero-order chi connectivity index (χ0) is 11.5. The van der Waals surface area contributed by atoms with Gasteiger partial charge in [0, 0.05) is 15.3 Å². The second-order valence-corrected chi connectivity index (χ2v) is 5.80. The van der Waals surface area contributed by atoms with Gasteiger partial charge in [0.2, 0.25) is 0 Å². The number of anilines is 1. The first kappa shape index (κ1) is 12.2. The molecule has 2 nitrogen and oxygen atoms in total. The molecule has 0 bridgehead atoms. The molecular weight excluding hydrogens is 311 g/mol. The van der Waals surface area contributed by atoms with Gasteiger partial charge in [0.1, 0.15) is 0 Å². The van der Waals surface area contributed by atoms with E-state index in [4.69, 9.17) is 5.73 Å². The minimum atomic E-state index is 0.573. The molecule has 1 saturated carbocycles. The molecule has 0 aliphatic heterocycles. The number of rotatable bonds is 3. The Bertz CT molecular complexity index is 365. The average molecular weight is 330 g/mol. The molecule has 0 heterocycles. The van der Waals surface area contributed by atoms with E-state index in [1.54, 1.807) is 0 Å². The molecule has 16 heavy (non-hydrogen) atoms. The summed E-state index contributed by atoms with van der Waals surface area (Å²) in [5, 5.41) is 3.63. The lowest BCUT2D eigenvalue weighted by Crippen LogP contribution is -2.29. The molecule has 88 valence electrons. The van der Waals surface area contributed by atoms with Crippen LogP contribution in [0.25, 0.3) is 0 Å². The Morgan fingerprint density at radius 1 is 1.44 bits per heavy atom. The molecule has 0 amide bonds. The van der Waals surface area contributed by atoms with Gasteiger partial charge >= 0.3 is 0 Å². The highest BCUT2D eigenvalue weighted by atomic mass is 127. The van der Waals surface area contributed by atoms with Crippen molar-refractivity contribution in [3.05, 3.63) is 27.3 Å². The minimum Gasteiger partial charge on any atom is -0.382 e. The van der Waals surface area contributed by atoms with E-state index >= 15 is 0 Å². The number of hydrogen-bond acceptors (Lipinski definition) is 2. The Labute approximate surface area is 111 Å². The molecule has 1 fully saturated rings. The summed E-state index contributed by atoms with van der Waals surface area (Å²) < 4.78 is 1.32. The van der Waals surface area contributed by atoms with E-state index < -0.39 is 0 Å². The summed E-state index contributed by atoms with van der Waals surface area (Å²) in [6.45, 7) is 2.95. The predicted octanol–water partition coefficient (Wildman–Crippen LogP) is 3.14. The fourth-order valence-corrected chi connectivity index (χ4v) is 2.92. The highest BCUT2D eigenvalue weighted by molar-refractivity contribution is 14.1. The molecule has 0 aromatic heterocycles. The fraction of sp³-hybridized carbons (Fsp3) is 0.538. The van der Waals surface area contributed by atoms with Crippen LogP contribution in [-0.4, -0.2) is 12.6 Å². The van der Waals surface area contributed by atoms with E-state index in [0.29, 0.717) is 12.0 Å². The van der Waals surface area contributed by atoms with Gasteiger partial charge in [0.15, 0.2) is 0 Å². The number of halogens is 1. The number of nitrogens with two attached hydrogens (primary N) is 1. The van der Waals surface area contributed by atoms with Gasteiger partial charge < -0.3 is 11.1 Å². The summed E-state index contributed by atoms with van der Waals surface area (Å²) >= 11 is 2.39. The first-order valence-electron chi connectivity index (χ1n) is 5.93. The SMILES string of the molecule is Cc1ccc(NC2CCCC2CN)cc1I. The Morgan fingerprint density at radius 2 is 2.25 bits per heavy atom. The van der Waals surface area contributed by atoms with Crippen molar-refractivity contribution in [1.82, 2.24) is 0 Å². The molecule has 1 aliphatic carbocycles. The maximum absolute atomic E-state index is 5.79. The zero-order valence-electron chi connectivity index (χ0n) is 9.67. The molecular formula is C13H19IN2. The van der Waals surface area contributed by atoms with Crippen LogP contribution >= 0.6 is 22.6 Å². The molecule has 1 aromatic rings. The molecule has 1 aromatic carbocycles. The maximum atomic E-state index is 5.79. The standard InChI is InChI=1S/C13H19IN2/c1-9-5-6-11(7-12(9)14)16-13-4-2-3-10(13)8-15/h5-7,10,13,16H,2-4,8,15H2,1H3. The van der Waals surface area contributed by atoms with E-state index in [0.717, 1.165) is 6.54 Å². The summed E-state index contributed by atoms with van der Waals surface area (Å²) in [4.78, 5) is 0. The van der Waals surface area contributed by atoms with E-state index in [-0.39, 0.29) is 0 Å². The second kappa shape index (κ2) is 5.36. The molecule has 3 N–H and O–H groups in total. The van der Waals surface area contributed by atoms with Crippen molar-refractivity contribution in [1.29, 1.82) is 0 Å². The van der Waals surface area contributed by atoms with Crippen LogP contribution in [0, 0.1) is 16.4 Å². The van der Waals surface area contributed by atoms with Crippen LogP contribution in [0.3, 0.4) is 0 Å². The Hall–Kier alpha value is -0.290. The molecule has 0 saturated heterocycles. The monoisotopic (exact) mass is 330 g/mol. The quantitative estimate of drug-likeness (QED) is 0.836. The number of benzene rings is 1. The molecule has 2 rings (SSSR count). The van der Waals surface area contributed by atoms with Crippen LogP contribution in [0.15, 0.2) is 18.2 Å². The smallest absolute Gasteiger partial charge is 0.0353 e. The van der Waals surface area contributed by atoms with Crippen LogP contribution in [0.5, 0.6) is 0 Å². The van der Waals surface area contributed by atoms with Crippen LogP contribution < -0.4 is 11.1 Å². The van der Waals surface area contributed by atoms with Crippen LogP contribution in [-0.2, 0) is 0 Å². The zero-order valence-corrected chi connectivity index (χ0v) is 11.8. The van der Waals surface area contributed by atoms with E-state index in [9.17, 15) is 0 Å². The molecule has 1 aliphatic rings. The Morgan fingerprint density at radius 3 is 2.94 bits per heavy atom. The van der Waals surface area contributed by atoms with Gasteiger partial charge in [-0.25, -0.2) is 0 Å². The number of aryl methyl sites for hydroxylation is 1. The van der Waals surface area contributed by atoms with Crippen LogP contribution in [0.1, 0.15) is 24.8 Å². The minimum absolute atomic E-state index is 0.573. The topological polar surface area (TPSA) is 38.0 Å². The maximum Gasteiger partial charge on any atom is 0.0353 e. The van der Waals surface area contributed by atoms with Crippen LogP contribution in [0.4, 0.5) is 5.69 Å². The summed E-state index contributed by atoms with van der Waals surface area (Å²) in [7, 11) is 0. The lowest BCUT2D eigenvalue weighted by molar-refractivity contribution is 0.516. The van der Waals surface area contributed by atoms with Crippen molar-refractivity contribution in [2.75, 3.05) is 11.9 Å². The van der Waals surface area contributed by atoms with Crippen molar-refractivity contribution in [2.24, 2.45) is 11.7 Å². The summed E-state index contributed by atoms with van der Waals surface area (Å²) in [6, 6.07) is 7.14. The Balaban J connectivity index is 2.05. The Kier molecular flexibility index (Phi) is 4.08. The van der Waals surface area contributed by atoms with Gasteiger partial charge in [-0.05, 0) is 72.5 Å². The van der Waals surface area contributed by atoms with E-state index in [2.05, 4.69) is 53.0 Å². The lowest BCUT2D eigenvalue weighted by Gasteiger charge is -2.21. The van der Waals surface area contributed by atoms with Gasteiger partial charge in [0.05, 0.1) is 0 Å². The summed E-state index contributed by atoms with van der Waals surface area (Å²) in [5.74, 6) is 0.652. The van der Waals surface area contributed by atoms with Crippen LogP contribution in [0.2, 0.25) is 0 Å². The van der Waals surface area contributed by atoms with Crippen molar-refractivity contribution in [3.63, 3.8) is 0 Å².